The molecule has 0 aliphatic carbocycles. The van der Waals surface area contributed by atoms with Gasteiger partial charge in [-0.1, -0.05) is 12.8 Å². The van der Waals surface area contributed by atoms with E-state index in [0.717, 1.165) is 0 Å². The highest BCUT2D eigenvalue weighted by Gasteiger charge is 2.24. The predicted molar refractivity (Wildman–Crippen MR) is 68.1 cm³/mol. The van der Waals surface area contributed by atoms with Crippen LogP contribution in [0.15, 0.2) is 16.3 Å². The van der Waals surface area contributed by atoms with E-state index in [0.29, 0.717) is 17.8 Å². The molecule has 0 amide bonds. The van der Waals surface area contributed by atoms with Crippen molar-refractivity contribution < 1.29 is 13.5 Å². The Hall–Kier alpha value is -0.870. The van der Waals surface area contributed by atoms with Crippen LogP contribution in [0.4, 0.5) is 0 Å². The first-order valence-electron chi connectivity index (χ1n) is 5.18. The Bertz CT molecular complexity index is 499. The molecule has 0 fully saturated rings. The summed E-state index contributed by atoms with van der Waals surface area (Å²) in [6.45, 7) is 2.21. The molecule has 0 unspecified atom stereocenters. The summed E-state index contributed by atoms with van der Waals surface area (Å²) in [6.07, 6.45) is 5.88. The Labute approximate surface area is 106 Å². The minimum Gasteiger partial charge on any atom is -0.391 e. The van der Waals surface area contributed by atoms with Crippen LogP contribution in [0.2, 0.25) is 0 Å². The summed E-state index contributed by atoms with van der Waals surface area (Å²) in [4.78, 5) is 0.830. The van der Waals surface area contributed by atoms with Crippen molar-refractivity contribution in [2.45, 2.75) is 24.8 Å². The smallest absolute Gasteiger partial charge is 0.244 e. The van der Waals surface area contributed by atoms with Gasteiger partial charge < -0.3 is 5.11 Å². The molecule has 6 heteroatoms. The van der Waals surface area contributed by atoms with Crippen LogP contribution in [-0.2, 0) is 16.6 Å². The van der Waals surface area contributed by atoms with Gasteiger partial charge in [-0.05, 0) is 12.5 Å². The topological polar surface area (TPSA) is 57.6 Å². The summed E-state index contributed by atoms with van der Waals surface area (Å²) >= 11 is 1.22. The van der Waals surface area contributed by atoms with Crippen LogP contribution in [0.25, 0.3) is 0 Å². The summed E-state index contributed by atoms with van der Waals surface area (Å²) in [6, 6.07) is 1.49. The molecule has 0 aliphatic rings. The molecule has 0 bridgehead atoms. The van der Waals surface area contributed by atoms with Crippen molar-refractivity contribution in [1.82, 2.24) is 4.31 Å². The molecule has 1 heterocycles. The van der Waals surface area contributed by atoms with Crippen molar-refractivity contribution in [3.05, 3.63) is 16.3 Å². The van der Waals surface area contributed by atoms with Gasteiger partial charge in [0.25, 0.3) is 0 Å². The second-order valence-electron chi connectivity index (χ2n) is 3.45. The van der Waals surface area contributed by atoms with Gasteiger partial charge in [0.2, 0.25) is 10.0 Å². The number of aliphatic hydroxyl groups is 1. The molecule has 0 saturated carbocycles. The lowest BCUT2D eigenvalue weighted by atomic mass is 10.5. The van der Waals surface area contributed by atoms with Gasteiger partial charge in [0, 0.05) is 16.8 Å². The van der Waals surface area contributed by atoms with E-state index in [1.807, 2.05) is 6.92 Å². The highest BCUT2D eigenvalue weighted by atomic mass is 32.2. The highest BCUT2D eigenvalue weighted by Crippen LogP contribution is 2.22. The van der Waals surface area contributed by atoms with E-state index in [9.17, 15) is 8.42 Å². The Morgan fingerprint density at radius 2 is 2.29 bits per heavy atom. The number of terminal acetylenes is 1. The van der Waals surface area contributed by atoms with Gasteiger partial charge in [-0.25, -0.2) is 8.42 Å². The van der Waals surface area contributed by atoms with E-state index in [2.05, 4.69) is 5.92 Å². The second kappa shape index (κ2) is 6.17. The van der Waals surface area contributed by atoms with Gasteiger partial charge in [-0.3, -0.25) is 0 Å². The molecule has 0 atom stereocenters. The number of hydrogen-bond donors (Lipinski definition) is 1. The molecule has 1 N–H and O–H groups in total. The van der Waals surface area contributed by atoms with Gasteiger partial charge in [0.1, 0.15) is 0 Å². The lowest BCUT2D eigenvalue weighted by Crippen LogP contribution is -2.31. The molecule has 1 rings (SSSR count). The molecule has 0 saturated heterocycles. The second-order valence-corrected chi connectivity index (χ2v) is 6.38. The van der Waals surface area contributed by atoms with Crippen molar-refractivity contribution in [2.24, 2.45) is 0 Å². The van der Waals surface area contributed by atoms with Gasteiger partial charge >= 0.3 is 0 Å². The van der Waals surface area contributed by atoms with Gasteiger partial charge in [-0.15, -0.1) is 17.8 Å². The fraction of sp³-hybridized carbons (Fsp3) is 0.455. The third kappa shape index (κ3) is 3.30. The summed E-state index contributed by atoms with van der Waals surface area (Å²) in [7, 11) is -3.52. The lowest BCUT2D eigenvalue weighted by molar-refractivity contribution is 0.285. The summed E-state index contributed by atoms with van der Waals surface area (Å²) in [5.74, 6) is 2.35. The standard InChI is InChI=1S/C11H15NO3S2/c1-3-5-12(6-4-2)17(14,15)11-7-10(8-13)16-9-11/h1,7,9,13H,4-6,8H2,2H3. The molecule has 0 radical (unpaired) electrons. The lowest BCUT2D eigenvalue weighted by Gasteiger charge is -2.18. The predicted octanol–water partition coefficient (Wildman–Crippen LogP) is 1.27. The Morgan fingerprint density at radius 1 is 1.59 bits per heavy atom. The van der Waals surface area contributed by atoms with Crippen LogP contribution < -0.4 is 0 Å². The molecule has 1 aromatic heterocycles. The van der Waals surface area contributed by atoms with E-state index >= 15 is 0 Å². The van der Waals surface area contributed by atoms with E-state index in [4.69, 9.17) is 11.5 Å². The van der Waals surface area contributed by atoms with Crippen LogP contribution in [-0.4, -0.2) is 30.9 Å². The van der Waals surface area contributed by atoms with Crippen molar-refractivity contribution in [2.75, 3.05) is 13.1 Å². The number of rotatable bonds is 6. The maximum absolute atomic E-state index is 12.2. The Kier molecular flexibility index (Phi) is 5.15. The molecule has 94 valence electrons. The number of thiophene rings is 1. The number of hydrogen-bond acceptors (Lipinski definition) is 4. The normalized spacial score (nSPS) is 11.6. The monoisotopic (exact) mass is 273 g/mol. The average Bonchev–Trinajstić information content (AvgIpc) is 2.78. The number of aliphatic hydroxyl groups excluding tert-OH is 1. The van der Waals surface area contributed by atoms with E-state index in [1.54, 1.807) is 0 Å². The summed E-state index contributed by atoms with van der Waals surface area (Å²) in [5, 5.41) is 10.5. The third-order valence-corrected chi connectivity index (χ3v) is 5.06. The van der Waals surface area contributed by atoms with Crippen molar-refractivity contribution in [1.29, 1.82) is 0 Å². The van der Waals surface area contributed by atoms with Crippen LogP contribution >= 0.6 is 11.3 Å². The third-order valence-electron chi connectivity index (χ3n) is 2.16. The van der Waals surface area contributed by atoms with Crippen molar-refractivity contribution in [3.8, 4) is 12.3 Å². The number of nitrogens with zero attached hydrogens (tertiary/aromatic N) is 1. The minimum atomic E-state index is -3.52. The Morgan fingerprint density at radius 3 is 2.76 bits per heavy atom. The maximum atomic E-state index is 12.2. The quantitative estimate of drug-likeness (QED) is 0.794. The van der Waals surface area contributed by atoms with Gasteiger partial charge in [0.05, 0.1) is 18.0 Å². The fourth-order valence-corrected chi connectivity index (χ4v) is 3.93. The van der Waals surface area contributed by atoms with Crippen molar-refractivity contribution >= 4 is 21.4 Å². The molecule has 4 nitrogen and oxygen atoms in total. The van der Waals surface area contributed by atoms with Gasteiger partial charge in [0.15, 0.2) is 0 Å². The maximum Gasteiger partial charge on any atom is 0.244 e. The largest absolute Gasteiger partial charge is 0.391 e. The minimum absolute atomic E-state index is 0.0699. The number of sulfonamides is 1. The van der Waals surface area contributed by atoms with Crippen molar-refractivity contribution in [3.63, 3.8) is 0 Å². The van der Waals surface area contributed by atoms with E-state index in [1.165, 1.54) is 27.1 Å². The summed E-state index contributed by atoms with van der Waals surface area (Å²) < 4.78 is 25.7. The van der Waals surface area contributed by atoms with Crippen LogP contribution in [0, 0.1) is 12.3 Å². The molecule has 1 aromatic rings. The van der Waals surface area contributed by atoms with Gasteiger partial charge in [-0.2, -0.15) is 4.31 Å². The van der Waals surface area contributed by atoms with Crippen LogP contribution in [0.3, 0.4) is 0 Å². The summed E-state index contributed by atoms with van der Waals surface area (Å²) in [5.41, 5.74) is 0. The molecular formula is C11H15NO3S2. The van der Waals surface area contributed by atoms with E-state index in [-0.39, 0.29) is 18.0 Å². The highest BCUT2D eigenvalue weighted by molar-refractivity contribution is 7.89. The zero-order valence-corrected chi connectivity index (χ0v) is 11.2. The van der Waals surface area contributed by atoms with E-state index < -0.39 is 10.0 Å². The van der Waals surface area contributed by atoms with Crippen LogP contribution in [0.1, 0.15) is 18.2 Å². The first kappa shape index (κ1) is 14.2. The first-order valence-corrected chi connectivity index (χ1v) is 7.50. The zero-order valence-electron chi connectivity index (χ0n) is 9.59. The van der Waals surface area contributed by atoms with Crippen LogP contribution in [0.5, 0.6) is 0 Å². The molecular weight excluding hydrogens is 258 g/mol. The zero-order chi connectivity index (χ0) is 12.9. The Balaban J connectivity index is 3.03. The molecule has 0 aromatic carbocycles. The SMILES string of the molecule is C#CCN(CCC)S(=O)(=O)c1csc(CO)c1. The molecule has 17 heavy (non-hydrogen) atoms. The average molecular weight is 273 g/mol. The fourth-order valence-electron chi connectivity index (χ4n) is 1.36. The molecule has 0 spiro atoms. The first-order chi connectivity index (χ1) is 8.06. The molecule has 0 aliphatic heterocycles.